The average molecular weight is 217 g/mol. The van der Waals surface area contributed by atoms with Crippen LogP contribution in [0.4, 0.5) is 0 Å². The molecule has 14 heavy (non-hydrogen) atoms. The van der Waals surface area contributed by atoms with Gasteiger partial charge in [-0.3, -0.25) is 0 Å². The van der Waals surface area contributed by atoms with E-state index in [9.17, 15) is 4.79 Å². The van der Waals surface area contributed by atoms with Gasteiger partial charge in [0, 0.05) is 14.2 Å². The Morgan fingerprint density at radius 3 is 2.43 bits per heavy atom. The monoisotopic (exact) mass is 217 g/mol. The Bertz CT molecular complexity index is 205. The lowest BCUT2D eigenvalue weighted by Gasteiger charge is -2.26. The van der Waals surface area contributed by atoms with E-state index >= 15 is 0 Å². The average Bonchev–Trinajstić information content (AvgIpc) is 2.17. The number of hydrogen-bond donors (Lipinski definition) is 1. The van der Waals surface area contributed by atoms with Crippen molar-refractivity contribution in [2.75, 3.05) is 20.8 Å². The highest BCUT2D eigenvalue weighted by molar-refractivity contribution is 6.48. The molecule has 0 aromatic heterocycles. The minimum Gasteiger partial charge on any atom is -0.395 e. The van der Waals surface area contributed by atoms with Crippen molar-refractivity contribution in [1.29, 1.82) is 0 Å². The molecule has 0 aliphatic carbocycles. The molecule has 6 heteroatoms. The second-order valence-electron chi connectivity index (χ2n) is 3.06. The highest BCUT2D eigenvalue weighted by Crippen LogP contribution is 2.21. The Hall–Kier alpha value is -0.523. The van der Waals surface area contributed by atoms with Crippen LogP contribution < -0.4 is 5.73 Å². The maximum atomic E-state index is 10.3. The van der Waals surface area contributed by atoms with E-state index in [1.807, 2.05) is 6.92 Å². The summed E-state index contributed by atoms with van der Waals surface area (Å²) < 4.78 is 10.4. The molecule has 0 aromatic rings. The number of isocyanates is 1. The zero-order valence-electron chi connectivity index (χ0n) is 8.87. The van der Waals surface area contributed by atoms with E-state index < -0.39 is 14.4 Å². The molecule has 0 aliphatic heterocycles. The SMILES string of the molecule is CO[Si](OC)C(C)(CCCN)N=C=O. The molecule has 0 saturated heterocycles. The standard InChI is InChI=1S/C8H17N2O3Si/c1-8(10-7-11,5-4-6-9)14(12-2)13-3/h4-6,9H2,1-3H3. The first-order valence-corrected chi connectivity index (χ1v) is 5.70. The van der Waals surface area contributed by atoms with Gasteiger partial charge in [0.1, 0.15) is 5.16 Å². The Balaban J connectivity index is 4.58. The maximum absolute atomic E-state index is 10.3. The topological polar surface area (TPSA) is 73.9 Å². The molecule has 0 fully saturated rings. The van der Waals surface area contributed by atoms with Gasteiger partial charge in [0.15, 0.2) is 0 Å². The number of rotatable bonds is 7. The van der Waals surface area contributed by atoms with Gasteiger partial charge in [0.25, 0.3) is 0 Å². The van der Waals surface area contributed by atoms with E-state index in [-0.39, 0.29) is 0 Å². The number of nitrogens with zero attached hydrogens (tertiary/aromatic N) is 1. The summed E-state index contributed by atoms with van der Waals surface area (Å²) in [6.45, 7) is 2.39. The van der Waals surface area contributed by atoms with Gasteiger partial charge in [0.05, 0.1) is 0 Å². The Morgan fingerprint density at radius 2 is 2.07 bits per heavy atom. The van der Waals surface area contributed by atoms with Crippen LogP contribution in [0.3, 0.4) is 0 Å². The van der Waals surface area contributed by atoms with Crippen molar-refractivity contribution in [3.8, 4) is 0 Å². The lowest BCUT2D eigenvalue weighted by Crippen LogP contribution is -2.45. The Labute approximate surface area is 86.1 Å². The van der Waals surface area contributed by atoms with Crippen LogP contribution >= 0.6 is 0 Å². The summed E-state index contributed by atoms with van der Waals surface area (Å²) in [5.41, 5.74) is 5.40. The summed E-state index contributed by atoms with van der Waals surface area (Å²) in [6, 6.07) is 0. The summed E-state index contributed by atoms with van der Waals surface area (Å²) in [7, 11) is 1.53. The molecular weight excluding hydrogens is 200 g/mol. The molecule has 2 N–H and O–H groups in total. The molecule has 1 atom stereocenters. The molecule has 0 heterocycles. The first kappa shape index (κ1) is 13.5. The minimum absolute atomic E-state index is 0.562. The molecule has 1 unspecified atom stereocenters. The van der Waals surface area contributed by atoms with Crippen molar-refractivity contribution >= 4 is 15.4 Å². The van der Waals surface area contributed by atoms with Crippen molar-refractivity contribution in [1.82, 2.24) is 0 Å². The fourth-order valence-electron chi connectivity index (χ4n) is 1.27. The minimum atomic E-state index is -1.58. The highest BCUT2D eigenvalue weighted by atomic mass is 28.3. The van der Waals surface area contributed by atoms with Gasteiger partial charge in [-0.2, -0.15) is 4.99 Å². The zero-order valence-corrected chi connectivity index (χ0v) is 9.87. The predicted molar refractivity (Wildman–Crippen MR) is 54.6 cm³/mol. The fraction of sp³-hybridized carbons (Fsp3) is 0.875. The predicted octanol–water partition coefficient (Wildman–Crippen LogP) is 0.140. The van der Waals surface area contributed by atoms with Crippen LogP contribution in [0.5, 0.6) is 0 Å². The molecule has 0 amide bonds. The number of nitrogens with two attached hydrogens (primary N) is 1. The van der Waals surface area contributed by atoms with E-state index in [0.29, 0.717) is 13.0 Å². The van der Waals surface area contributed by atoms with Gasteiger partial charge in [-0.25, -0.2) is 4.79 Å². The van der Waals surface area contributed by atoms with Crippen LogP contribution in [0.15, 0.2) is 4.99 Å². The molecule has 0 bridgehead atoms. The molecule has 81 valence electrons. The summed E-state index contributed by atoms with van der Waals surface area (Å²) in [6.07, 6.45) is 3.02. The van der Waals surface area contributed by atoms with E-state index in [2.05, 4.69) is 4.99 Å². The van der Waals surface area contributed by atoms with Crippen molar-refractivity contribution < 1.29 is 13.6 Å². The maximum Gasteiger partial charge on any atom is 0.415 e. The summed E-state index contributed by atoms with van der Waals surface area (Å²) in [5.74, 6) is 0. The van der Waals surface area contributed by atoms with Gasteiger partial charge in [-0.05, 0) is 26.3 Å². The molecule has 0 aromatic carbocycles. The summed E-state index contributed by atoms with van der Waals surface area (Å²) in [5, 5.41) is -0.602. The van der Waals surface area contributed by atoms with Crippen LogP contribution in [-0.4, -0.2) is 41.3 Å². The van der Waals surface area contributed by atoms with E-state index in [1.54, 1.807) is 20.3 Å². The molecule has 0 aliphatic rings. The second-order valence-corrected chi connectivity index (χ2v) is 5.53. The fourth-order valence-corrected chi connectivity index (χ4v) is 2.84. The lowest BCUT2D eigenvalue weighted by molar-refractivity contribution is 0.241. The summed E-state index contributed by atoms with van der Waals surface area (Å²) in [4.78, 5) is 14.1. The van der Waals surface area contributed by atoms with Crippen molar-refractivity contribution in [3.63, 3.8) is 0 Å². The van der Waals surface area contributed by atoms with Gasteiger partial charge in [-0.15, -0.1) is 0 Å². The zero-order chi connectivity index (χ0) is 11.0. The molecule has 0 spiro atoms. The van der Waals surface area contributed by atoms with Crippen LogP contribution in [-0.2, 0) is 13.6 Å². The third kappa shape index (κ3) is 3.69. The van der Waals surface area contributed by atoms with Crippen molar-refractivity contribution in [2.24, 2.45) is 10.7 Å². The summed E-state index contributed by atoms with van der Waals surface area (Å²) >= 11 is 0. The number of hydrogen-bond acceptors (Lipinski definition) is 5. The van der Waals surface area contributed by atoms with Crippen molar-refractivity contribution in [2.45, 2.75) is 24.9 Å². The van der Waals surface area contributed by atoms with Crippen LogP contribution in [0, 0.1) is 0 Å². The normalized spacial score (nSPS) is 14.9. The highest BCUT2D eigenvalue weighted by Gasteiger charge is 2.39. The molecule has 1 radical (unpaired) electrons. The van der Waals surface area contributed by atoms with Gasteiger partial charge in [0.2, 0.25) is 6.08 Å². The Morgan fingerprint density at radius 1 is 1.50 bits per heavy atom. The van der Waals surface area contributed by atoms with Gasteiger partial charge >= 0.3 is 9.28 Å². The van der Waals surface area contributed by atoms with Crippen LogP contribution in [0.1, 0.15) is 19.8 Å². The first-order chi connectivity index (χ1) is 6.64. The quantitative estimate of drug-likeness (QED) is 0.374. The molecule has 0 saturated carbocycles. The van der Waals surface area contributed by atoms with Gasteiger partial charge in [-0.1, -0.05) is 0 Å². The Kier molecular flexibility index (Phi) is 6.60. The second kappa shape index (κ2) is 6.86. The third-order valence-corrected chi connectivity index (χ3v) is 3.95. The van der Waals surface area contributed by atoms with E-state index in [4.69, 9.17) is 14.6 Å². The molecular formula is C8H17N2O3Si. The lowest BCUT2D eigenvalue weighted by atomic mass is 10.2. The van der Waals surface area contributed by atoms with E-state index in [0.717, 1.165) is 6.42 Å². The molecule has 0 rings (SSSR count). The van der Waals surface area contributed by atoms with Gasteiger partial charge < -0.3 is 14.6 Å². The number of aliphatic imine (C=N–C) groups is 1. The third-order valence-electron chi connectivity index (χ3n) is 1.97. The molecule has 5 nitrogen and oxygen atoms in total. The smallest absolute Gasteiger partial charge is 0.395 e. The van der Waals surface area contributed by atoms with E-state index in [1.165, 1.54) is 0 Å². The first-order valence-electron chi connectivity index (χ1n) is 4.39. The number of carbonyl (C=O) groups excluding carboxylic acids is 1. The van der Waals surface area contributed by atoms with Crippen LogP contribution in [0.25, 0.3) is 0 Å². The van der Waals surface area contributed by atoms with Crippen molar-refractivity contribution in [3.05, 3.63) is 0 Å². The van der Waals surface area contributed by atoms with Crippen LogP contribution in [0.2, 0.25) is 0 Å². The largest absolute Gasteiger partial charge is 0.415 e.